The van der Waals surface area contributed by atoms with E-state index < -0.39 is 0 Å². The first kappa shape index (κ1) is 10.4. The molecule has 1 N–H and O–H groups in total. The molecule has 1 aliphatic rings. The first-order valence-electron chi connectivity index (χ1n) is 5.64. The van der Waals surface area contributed by atoms with E-state index in [2.05, 4.69) is 27.1 Å². The molecule has 0 bridgehead atoms. The molecule has 0 aromatic carbocycles. The highest BCUT2D eigenvalue weighted by Crippen LogP contribution is 2.12. The second-order valence-corrected chi connectivity index (χ2v) is 3.95. The van der Waals surface area contributed by atoms with E-state index in [0.29, 0.717) is 6.04 Å². The Morgan fingerprint density at radius 1 is 1.53 bits per heavy atom. The zero-order valence-corrected chi connectivity index (χ0v) is 9.19. The van der Waals surface area contributed by atoms with E-state index in [4.69, 9.17) is 0 Å². The van der Waals surface area contributed by atoms with Crippen LogP contribution in [0.15, 0.2) is 18.6 Å². The lowest BCUT2D eigenvalue weighted by atomic mass is 10.1. The number of hydrogen-bond acceptors (Lipinski definition) is 4. The molecule has 0 saturated carbocycles. The molecule has 1 atom stereocenters. The minimum atomic E-state index is 0.603. The highest BCUT2D eigenvalue weighted by atomic mass is 15.2. The Morgan fingerprint density at radius 3 is 3.20 bits per heavy atom. The van der Waals surface area contributed by atoms with Gasteiger partial charge in [0, 0.05) is 38.1 Å². The van der Waals surface area contributed by atoms with Crippen molar-refractivity contribution >= 4 is 5.82 Å². The van der Waals surface area contributed by atoms with Crippen molar-refractivity contribution in [2.45, 2.75) is 25.8 Å². The SMILES string of the molecule is CCC[C@H]1CN(c2cnccn2)CCN1. The van der Waals surface area contributed by atoms with Crippen LogP contribution < -0.4 is 10.2 Å². The molecule has 1 aromatic rings. The molecule has 0 unspecified atom stereocenters. The molecule has 1 aliphatic heterocycles. The topological polar surface area (TPSA) is 41.1 Å². The minimum absolute atomic E-state index is 0.603. The molecule has 82 valence electrons. The Morgan fingerprint density at radius 2 is 2.47 bits per heavy atom. The molecule has 0 aliphatic carbocycles. The standard InChI is InChI=1S/C11H18N4/c1-2-3-10-9-15(7-6-13-10)11-8-12-4-5-14-11/h4-5,8,10,13H,2-3,6-7,9H2,1H3/t10-/m0/s1. The lowest BCUT2D eigenvalue weighted by Crippen LogP contribution is -2.50. The molecule has 1 saturated heterocycles. The van der Waals surface area contributed by atoms with Crippen LogP contribution in [0, 0.1) is 0 Å². The van der Waals surface area contributed by atoms with Crippen LogP contribution in [0.2, 0.25) is 0 Å². The summed E-state index contributed by atoms with van der Waals surface area (Å²) >= 11 is 0. The summed E-state index contributed by atoms with van der Waals surface area (Å²) in [6.45, 7) is 5.34. The van der Waals surface area contributed by atoms with Gasteiger partial charge in [0.1, 0.15) is 5.82 Å². The third-order valence-electron chi connectivity index (χ3n) is 2.77. The molecule has 1 fully saturated rings. The fraction of sp³-hybridized carbons (Fsp3) is 0.636. The third-order valence-corrected chi connectivity index (χ3v) is 2.77. The first-order chi connectivity index (χ1) is 7.40. The maximum absolute atomic E-state index is 4.33. The van der Waals surface area contributed by atoms with Gasteiger partial charge in [0.15, 0.2) is 0 Å². The quantitative estimate of drug-likeness (QED) is 0.802. The molecule has 2 rings (SSSR count). The van der Waals surface area contributed by atoms with Crippen molar-refractivity contribution in [3.05, 3.63) is 18.6 Å². The molecule has 0 amide bonds. The Bertz CT molecular complexity index is 286. The van der Waals surface area contributed by atoms with Gasteiger partial charge in [0.25, 0.3) is 0 Å². The number of rotatable bonds is 3. The van der Waals surface area contributed by atoms with Gasteiger partial charge in [-0.05, 0) is 6.42 Å². The Kier molecular flexibility index (Phi) is 3.50. The highest BCUT2D eigenvalue weighted by Gasteiger charge is 2.19. The van der Waals surface area contributed by atoms with Crippen LogP contribution in [0.3, 0.4) is 0 Å². The highest BCUT2D eigenvalue weighted by molar-refractivity contribution is 5.36. The summed E-state index contributed by atoms with van der Waals surface area (Å²) in [5, 5.41) is 3.53. The van der Waals surface area contributed by atoms with Crippen molar-refractivity contribution in [3.8, 4) is 0 Å². The molecule has 2 heterocycles. The van der Waals surface area contributed by atoms with Crippen molar-refractivity contribution in [1.29, 1.82) is 0 Å². The van der Waals surface area contributed by atoms with Gasteiger partial charge >= 0.3 is 0 Å². The second kappa shape index (κ2) is 5.07. The predicted octanol–water partition coefficient (Wildman–Crippen LogP) is 1.05. The van der Waals surface area contributed by atoms with Gasteiger partial charge in [-0.1, -0.05) is 13.3 Å². The van der Waals surface area contributed by atoms with Crippen molar-refractivity contribution in [3.63, 3.8) is 0 Å². The maximum atomic E-state index is 4.33. The lowest BCUT2D eigenvalue weighted by molar-refractivity contribution is 0.429. The van der Waals surface area contributed by atoms with E-state index in [9.17, 15) is 0 Å². The predicted molar refractivity (Wildman–Crippen MR) is 60.9 cm³/mol. The van der Waals surface area contributed by atoms with Gasteiger partial charge in [0.05, 0.1) is 6.20 Å². The Hall–Kier alpha value is -1.16. The average Bonchev–Trinajstić information content (AvgIpc) is 2.31. The van der Waals surface area contributed by atoms with E-state index in [-0.39, 0.29) is 0 Å². The number of nitrogens with zero attached hydrogens (tertiary/aromatic N) is 3. The van der Waals surface area contributed by atoms with Crippen LogP contribution in [0.1, 0.15) is 19.8 Å². The van der Waals surface area contributed by atoms with Gasteiger partial charge in [-0.15, -0.1) is 0 Å². The van der Waals surface area contributed by atoms with Crippen molar-refractivity contribution in [1.82, 2.24) is 15.3 Å². The summed E-state index contributed by atoms with van der Waals surface area (Å²) < 4.78 is 0. The smallest absolute Gasteiger partial charge is 0.147 e. The fourth-order valence-electron chi connectivity index (χ4n) is 2.03. The van der Waals surface area contributed by atoms with E-state index in [1.807, 2.05) is 6.20 Å². The molecule has 0 radical (unpaired) electrons. The van der Waals surface area contributed by atoms with Crippen molar-refractivity contribution in [2.75, 3.05) is 24.5 Å². The molecular weight excluding hydrogens is 188 g/mol. The summed E-state index contributed by atoms with van der Waals surface area (Å²) in [5.74, 6) is 1.00. The maximum Gasteiger partial charge on any atom is 0.147 e. The number of hydrogen-bond donors (Lipinski definition) is 1. The lowest BCUT2D eigenvalue weighted by Gasteiger charge is -2.34. The summed E-state index contributed by atoms with van der Waals surface area (Å²) in [6.07, 6.45) is 7.78. The average molecular weight is 206 g/mol. The zero-order valence-electron chi connectivity index (χ0n) is 9.19. The Balaban J connectivity index is 1.98. The van der Waals surface area contributed by atoms with Gasteiger partial charge in [0.2, 0.25) is 0 Å². The van der Waals surface area contributed by atoms with Gasteiger partial charge < -0.3 is 10.2 Å². The largest absolute Gasteiger partial charge is 0.353 e. The van der Waals surface area contributed by atoms with Crippen LogP contribution >= 0.6 is 0 Å². The normalized spacial score (nSPS) is 21.7. The Labute approximate surface area is 90.7 Å². The molecule has 15 heavy (non-hydrogen) atoms. The van der Waals surface area contributed by atoms with Gasteiger partial charge in [-0.25, -0.2) is 4.98 Å². The van der Waals surface area contributed by atoms with Crippen LogP contribution in [-0.4, -0.2) is 35.6 Å². The summed E-state index contributed by atoms with van der Waals surface area (Å²) in [6, 6.07) is 0.603. The van der Waals surface area contributed by atoms with Crippen molar-refractivity contribution < 1.29 is 0 Å². The van der Waals surface area contributed by atoms with Crippen LogP contribution in [0.4, 0.5) is 5.82 Å². The first-order valence-corrected chi connectivity index (χ1v) is 5.64. The molecule has 4 heteroatoms. The summed E-state index contributed by atoms with van der Waals surface area (Å²) in [7, 11) is 0. The molecular formula is C11H18N4. The molecule has 0 spiro atoms. The van der Waals surface area contributed by atoms with Crippen molar-refractivity contribution in [2.24, 2.45) is 0 Å². The zero-order chi connectivity index (χ0) is 10.5. The molecule has 4 nitrogen and oxygen atoms in total. The number of piperazine rings is 1. The monoisotopic (exact) mass is 206 g/mol. The second-order valence-electron chi connectivity index (χ2n) is 3.95. The van der Waals surface area contributed by atoms with E-state index in [1.54, 1.807) is 12.4 Å². The summed E-state index contributed by atoms with van der Waals surface area (Å²) in [4.78, 5) is 10.7. The number of nitrogens with one attached hydrogen (secondary N) is 1. The fourth-order valence-corrected chi connectivity index (χ4v) is 2.03. The summed E-state index contributed by atoms with van der Waals surface area (Å²) in [5.41, 5.74) is 0. The number of anilines is 1. The van der Waals surface area contributed by atoms with E-state index >= 15 is 0 Å². The minimum Gasteiger partial charge on any atom is -0.353 e. The van der Waals surface area contributed by atoms with Crippen LogP contribution in [-0.2, 0) is 0 Å². The number of aromatic nitrogens is 2. The van der Waals surface area contributed by atoms with Gasteiger partial charge in [-0.3, -0.25) is 4.98 Å². The van der Waals surface area contributed by atoms with E-state index in [0.717, 1.165) is 25.5 Å². The van der Waals surface area contributed by atoms with Gasteiger partial charge in [-0.2, -0.15) is 0 Å². The molecule has 1 aromatic heterocycles. The van der Waals surface area contributed by atoms with Crippen LogP contribution in [0.25, 0.3) is 0 Å². The van der Waals surface area contributed by atoms with Crippen LogP contribution in [0.5, 0.6) is 0 Å². The third kappa shape index (κ3) is 2.65. The van der Waals surface area contributed by atoms with E-state index in [1.165, 1.54) is 12.8 Å².